The minimum atomic E-state index is 0.487. The predicted octanol–water partition coefficient (Wildman–Crippen LogP) is 4.58. The highest BCUT2D eigenvalue weighted by molar-refractivity contribution is 9.10. The standard InChI is InChI=1S/C13H15BrS/c14-12-6-4-11(5-7-12)13(10-2-3-10)8-1-9-15-13/h4-7,10H,1-3,8-9H2. The molecule has 0 amide bonds. The Kier molecular flexibility index (Phi) is 2.60. The van der Waals surface area contributed by atoms with Crippen LogP contribution in [-0.2, 0) is 4.75 Å². The summed E-state index contributed by atoms with van der Waals surface area (Å²) in [5.74, 6) is 2.32. The molecule has 1 heterocycles. The molecule has 1 saturated heterocycles. The van der Waals surface area contributed by atoms with Gasteiger partial charge in [-0.15, -0.1) is 0 Å². The fourth-order valence-corrected chi connectivity index (χ4v) is 4.71. The molecule has 3 rings (SSSR count). The molecule has 0 nitrogen and oxygen atoms in total. The molecule has 0 bridgehead atoms. The molecule has 80 valence electrons. The van der Waals surface area contributed by atoms with Crippen LogP contribution >= 0.6 is 27.7 Å². The largest absolute Gasteiger partial charge is 0.150 e. The molecule has 0 aromatic heterocycles. The molecule has 1 atom stereocenters. The average Bonchev–Trinajstić information content (AvgIpc) is 3.00. The summed E-state index contributed by atoms with van der Waals surface area (Å²) in [7, 11) is 0. The van der Waals surface area contributed by atoms with Gasteiger partial charge >= 0.3 is 0 Å². The van der Waals surface area contributed by atoms with Crippen molar-refractivity contribution in [2.45, 2.75) is 30.4 Å². The smallest absolute Gasteiger partial charge is 0.0436 e. The first-order valence-corrected chi connectivity index (χ1v) is 7.49. The summed E-state index contributed by atoms with van der Waals surface area (Å²) >= 11 is 5.72. The van der Waals surface area contributed by atoms with E-state index in [1.165, 1.54) is 35.9 Å². The van der Waals surface area contributed by atoms with Crippen molar-refractivity contribution < 1.29 is 0 Å². The molecule has 2 fully saturated rings. The second-order valence-electron chi connectivity index (χ2n) is 4.62. The van der Waals surface area contributed by atoms with Crippen molar-refractivity contribution in [2.24, 2.45) is 5.92 Å². The van der Waals surface area contributed by atoms with Crippen LogP contribution in [0.2, 0.25) is 0 Å². The lowest BCUT2D eigenvalue weighted by atomic mass is 9.89. The Morgan fingerprint density at radius 2 is 1.93 bits per heavy atom. The van der Waals surface area contributed by atoms with Gasteiger partial charge in [-0.3, -0.25) is 0 Å². The van der Waals surface area contributed by atoms with E-state index in [1.807, 2.05) is 0 Å². The maximum Gasteiger partial charge on any atom is 0.0436 e. The number of rotatable bonds is 2. The van der Waals surface area contributed by atoms with Gasteiger partial charge in [-0.05, 0) is 55.1 Å². The van der Waals surface area contributed by atoms with E-state index in [0.29, 0.717) is 4.75 Å². The minimum Gasteiger partial charge on any atom is -0.150 e. The average molecular weight is 283 g/mol. The van der Waals surface area contributed by atoms with Crippen LogP contribution < -0.4 is 0 Å². The molecule has 0 N–H and O–H groups in total. The van der Waals surface area contributed by atoms with Crippen LogP contribution in [0.1, 0.15) is 31.2 Å². The van der Waals surface area contributed by atoms with Gasteiger partial charge in [0.05, 0.1) is 0 Å². The summed E-state index contributed by atoms with van der Waals surface area (Å²) in [5, 5.41) is 0. The van der Waals surface area contributed by atoms with Crippen LogP contribution in [0.5, 0.6) is 0 Å². The predicted molar refractivity (Wildman–Crippen MR) is 70.2 cm³/mol. The van der Waals surface area contributed by atoms with Crippen LogP contribution in [0, 0.1) is 5.92 Å². The molecule has 1 saturated carbocycles. The Morgan fingerprint density at radius 1 is 1.20 bits per heavy atom. The van der Waals surface area contributed by atoms with E-state index in [-0.39, 0.29) is 0 Å². The number of hydrogen-bond donors (Lipinski definition) is 0. The molecule has 1 aliphatic carbocycles. The minimum absolute atomic E-state index is 0.487. The zero-order chi connectivity index (χ0) is 10.3. The van der Waals surface area contributed by atoms with Crippen molar-refractivity contribution in [1.29, 1.82) is 0 Å². The molecular weight excluding hydrogens is 268 g/mol. The summed E-state index contributed by atoms with van der Waals surface area (Å²) in [5.41, 5.74) is 1.57. The highest BCUT2D eigenvalue weighted by atomic mass is 79.9. The molecule has 15 heavy (non-hydrogen) atoms. The SMILES string of the molecule is Brc1ccc(C2(C3CC3)CCCS2)cc1. The quantitative estimate of drug-likeness (QED) is 0.765. The van der Waals surface area contributed by atoms with Gasteiger partial charge < -0.3 is 0 Å². The first-order valence-electron chi connectivity index (χ1n) is 5.71. The summed E-state index contributed by atoms with van der Waals surface area (Å²) in [6.07, 6.45) is 5.69. The van der Waals surface area contributed by atoms with Gasteiger partial charge in [-0.2, -0.15) is 11.8 Å². The first kappa shape index (κ1) is 10.2. The third-order valence-electron chi connectivity index (χ3n) is 3.62. The van der Waals surface area contributed by atoms with Gasteiger partial charge in [0, 0.05) is 9.22 Å². The molecule has 0 spiro atoms. The molecule has 2 aliphatic rings. The Balaban J connectivity index is 1.97. The van der Waals surface area contributed by atoms with E-state index >= 15 is 0 Å². The van der Waals surface area contributed by atoms with Crippen molar-refractivity contribution in [3.8, 4) is 0 Å². The second-order valence-corrected chi connectivity index (χ2v) is 6.96. The van der Waals surface area contributed by atoms with Crippen LogP contribution in [0.4, 0.5) is 0 Å². The Morgan fingerprint density at radius 3 is 2.47 bits per heavy atom. The third-order valence-corrected chi connectivity index (χ3v) is 5.93. The molecule has 1 aliphatic heterocycles. The highest BCUT2D eigenvalue weighted by Gasteiger charge is 2.48. The lowest BCUT2D eigenvalue weighted by Gasteiger charge is -2.28. The number of benzene rings is 1. The molecule has 1 aromatic carbocycles. The van der Waals surface area contributed by atoms with Crippen LogP contribution in [-0.4, -0.2) is 5.75 Å². The maximum atomic E-state index is 3.52. The van der Waals surface area contributed by atoms with Gasteiger partial charge in [-0.1, -0.05) is 28.1 Å². The Labute approximate surface area is 104 Å². The first-order chi connectivity index (χ1) is 7.31. The second kappa shape index (κ2) is 3.81. The highest BCUT2D eigenvalue weighted by Crippen LogP contribution is 2.59. The summed E-state index contributed by atoms with van der Waals surface area (Å²) in [4.78, 5) is 0. The van der Waals surface area contributed by atoms with E-state index in [0.717, 1.165) is 5.92 Å². The van der Waals surface area contributed by atoms with Crippen molar-refractivity contribution >= 4 is 27.7 Å². The van der Waals surface area contributed by atoms with Crippen LogP contribution in [0.25, 0.3) is 0 Å². The molecule has 1 aromatic rings. The van der Waals surface area contributed by atoms with Gasteiger partial charge in [-0.25, -0.2) is 0 Å². The van der Waals surface area contributed by atoms with Gasteiger partial charge in [0.1, 0.15) is 0 Å². The molecule has 2 heteroatoms. The maximum absolute atomic E-state index is 3.52. The molecule has 0 radical (unpaired) electrons. The van der Waals surface area contributed by atoms with Crippen LogP contribution in [0.3, 0.4) is 0 Å². The number of thioether (sulfide) groups is 1. The normalized spacial score (nSPS) is 30.7. The summed E-state index contributed by atoms with van der Waals surface area (Å²) < 4.78 is 1.68. The lowest BCUT2D eigenvalue weighted by molar-refractivity contribution is 0.521. The van der Waals surface area contributed by atoms with Crippen LogP contribution in [0.15, 0.2) is 28.7 Å². The van der Waals surface area contributed by atoms with Gasteiger partial charge in [0.2, 0.25) is 0 Å². The fourth-order valence-electron chi connectivity index (χ4n) is 2.73. The zero-order valence-corrected chi connectivity index (χ0v) is 11.1. The van der Waals surface area contributed by atoms with Crippen molar-refractivity contribution in [3.05, 3.63) is 34.3 Å². The number of hydrogen-bond acceptors (Lipinski definition) is 1. The van der Waals surface area contributed by atoms with E-state index in [1.54, 1.807) is 5.56 Å². The van der Waals surface area contributed by atoms with E-state index in [2.05, 4.69) is 52.0 Å². The fraction of sp³-hybridized carbons (Fsp3) is 0.538. The monoisotopic (exact) mass is 282 g/mol. The topological polar surface area (TPSA) is 0 Å². The van der Waals surface area contributed by atoms with Gasteiger partial charge in [0.15, 0.2) is 0 Å². The summed E-state index contributed by atoms with van der Waals surface area (Å²) in [6, 6.07) is 9.03. The Bertz CT molecular complexity index is 347. The lowest BCUT2D eigenvalue weighted by Crippen LogP contribution is -2.20. The van der Waals surface area contributed by atoms with Gasteiger partial charge in [0.25, 0.3) is 0 Å². The van der Waals surface area contributed by atoms with E-state index < -0.39 is 0 Å². The van der Waals surface area contributed by atoms with E-state index in [4.69, 9.17) is 0 Å². The number of halogens is 1. The summed E-state index contributed by atoms with van der Waals surface area (Å²) in [6.45, 7) is 0. The Hall–Kier alpha value is 0.0500. The molecule has 1 unspecified atom stereocenters. The molecular formula is C13H15BrS. The van der Waals surface area contributed by atoms with Crippen molar-refractivity contribution in [1.82, 2.24) is 0 Å². The van der Waals surface area contributed by atoms with Crippen molar-refractivity contribution in [2.75, 3.05) is 5.75 Å². The van der Waals surface area contributed by atoms with E-state index in [9.17, 15) is 0 Å². The third kappa shape index (κ3) is 1.76. The van der Waals surface area contributed by atoms with Crippen molar-refractivity contribution in [3.63, 3.8) is 0 Å². The zero-order valence-electron chi connectivity index (χ0n) is 8.71.